The Morgan fingerprint density at radius 1 is 1.28 bits per heavy atom. The van der Waals surface area contributed by atoms with Gasteiger partial charge in [0.2, 0.25) is 15.9 Å². The summed E-state index contributed by atoms with van der Waals surface area (Å²) in [5, 5.41) is 4.86. The highest BCUT2D eigenvalue weighted by molar-refractivity contribution is 7.89. The van der Waals surface area contributed by atoms with E-state index in [9.17, 15) is 13.2 Å². The molecule has 1 N–H and O–H groups in total. The third-order valence-corrected chi connectivity index (χ3v) is 7.95. The van der Waals surface area contributed by atoms with Gasteiger partial charge in [0.15, 0.2) is 0 Å². The number of thiophene rings is 1. The lowest BCUT2D eigenvalue weighted by atomic mass is 10.2. The number of benzene rings is 1. The minimum absolute atomic E-state index is 0.151. The van der Waals surface area contributed by atoms with Crippen LogP contribution in [0.4, 0.5) is 5.69 Å². The average molecular weight is 478 g/mol. The Morgan fingerprint density at radius 3 is 2.72 bits per heavy atom. The van der Waals surface area contributed by atoms with E-state index in [1.54, 1.807) is 29.5 Å². The van der Waals surface area contributed by atoms with Crippen LogP contribution in [0, 0.1) is 0 Å². The van der Waals surface area contributed by atoms with Crippen LogP contribution in [-0.2, 0) is 21.4 Å². The van der Waals surface area contributed by atoms with E-state index < -0.39 is 10.0 Å². The molecule has 174 valence electrons. The van der Waals surface area contributed by atoms with Gasteiger partial charge in [0.25, 0.3) is 0 Å². The molecule has 0 bridgehead atoms. The highest BCUT2D eigenvalue weighted by atomic mass is 32.2. The van der Waals surface area contributed by atoms with E-state index in [1.807, 2.05) is 29.3 Å². The summed E-state index contributed by atoms with van der Waals surface area (Å²) in [7, 11) is -3.61. The Hall–Kier alpha value is -2.20. The van der Waals surface area contributed by atoms with E-state index in [0.29, 0.717) is 44.2 Å². The van der Waals surface area contributed by atoms with Crippen molar-refractivity contribution >= 4 is 33.0 Å². The molecule has 1 amide bonds. The average Bonchev–Trinajstić information content (AvgIpc) is 3.29. The van der Waals surface area contributed by atoms with Crippen LogP contribution in [0.25, 0.3) is 0 Å². The number of carbonyl (C=O) groups excluding carboxylic acids is 1. The molecule has 1 aromatic heterocycles. The number of anilines is 1. The summed E-state index contributed by atoms with van der Waals surface area (Å²) in [6.07, 6.45) is 4.54. The molecule has 3 rings (SSSR count). The van der Waals surface area contributed by atoms with Gasteiger partial charge in [-0.1, -0.05) is 18.6 Å². The highest BCUT2D eigenvalue weighted by Crippen LogP contribution is 2.30. The van der Waals surface area contributed by atoms with Gasteiger partial charge in [0, 0.05) is 31.1 Å². The largest absolute Gasteiger partial charge is 0.492 e. The van der Waals surface area contributed by atoms with Crippen molar-refractivity contribution in [1.29, 1.82) is 0 Å². The molecule has 0 aliphatic carbocycles. The van der Waals surface area contributed by atoms with Crippen LogP contribution in [0.5, 0.6) is 5.75 Å². The normalized spacial score (nSPS) is 14.9. The van der Waals surface area contributed by atoms with Gasteiger partial charge in [0.05, 0.1) is 23.7 Å². The fourth-order valence-electron chi connectivity index (χ4n) is 3.69. The molecule has 7 nitrogen and oxygen atoms in total. The van der Waals surface area contributed by atoms with Crippen LogP contribution in [0.1, 0.15) is 31.1 Å². The number of ether oxygens (including phenoxy) is 1. The van der Waals surface area contributed by atoms with Crippen LogP contribution in [0.15, 0.2) is 53.3 Å². The van der Waals surface area contributed by atoms with Gasteiger partial charge in [-0.15, -0.1) is 17.9 Å². The topological polar surface area (TPSA) is 79.0 Å². The van der Waals surface area contributed by atoms with Crippen molar-refractivity contribution in [2.75, 3.05) is 38.1 Å². The fraction of sp³-hybridized carbons (Fsp3) is 0.435. The van der Waals surface area contributed by atoms with Crippen molar-refractivity contribution in [3.05, 3.63) is 53.2 Å². The molecule has 1 aromatic carbocycles. The van der Waals surface area contributed by atoms with E-state index in [2.05, 4.69) is 11.9 Å². The second-order valence-corrected chi connectivity index (χ2v) is 10.6. The quantitative estimate of drug-likeness (QED) is 0.496. The first-order chi connectivity index (χ1) is 15.4. The summed E-state index contributed by atoms with van der Waals surface area (Å²) in [4.78, 5) is 16.1. The molecule has 32 heavy (non-hydrogen) atoms. The van der Waals surface area contributed by atoms with Crippen LogP contribution in [-0.4, -0.2) is 56.3 Å². The maximum Gasteiger partial charge on any atom is 0.243 e. The van der Waals surface area contributed by atoms with Gasteiger partial charge in [0.1, 0.15) is 5.75 Å². The first kappa shape index (κ1) is 24.4. The number of carbonyl (C=O) groups is 1. The zero-order chi connectivity index (χ0) is 23.0. The van der Waals surface area contributed by atoms with Crippen LogP contribution in [0.2, 0.25) is 0 Å². The highest BCUT2D eigenvalue weighted by Gasteiger charge is 2.27. The summed E-state index contributed by atoms with van der Waals surface area (Å²) in [6.45, 7) is 8.43. The molecule has 0 radical (unpaired) electrons. The summed E-state index contributed by atoms with van der Waals surface area (Å²) in [5.41, 5.74) is 0.365. The monoisotopic (exact) mass is 477 g/mol. The molecule has 2 aromatic rings. The standard InChI is InChI=1S/C23H31N3O4S2/c1-3-12-25(17-19-9-8-15-31-19)18-23(27)24-21-16-20(10-11-22(21)30-4-2)32(28,29)26-13-6-5-7-14-26/h3,8-11,15-16H,1,4-7,12-14,17-18H2,2H3,(H,24,27). The fourth-order valence-corrected chi connectivity index (χ4v) is 5.98. The zero-order valence-electron chi connectivity index (χ0n) is 18.5. The van der Waals surface area contributed by atoms with E-state index in [0.717, 1.165) is 24.1 Å². The third kappa shape index (κ3) is 6.41. The smallest absolute Gasteiger partial charge is 0.243 e. The predicted molar refractivity (Wildman–Crippen MR) is 129 cm³/mol. The molecule has 1 aliphatic heterocycles. The Bertz CT molecular complexity index is 1000. The number of nitrogens with zero attached hydrogens (tertiary/aromatic N) is 2. The molecular formula is C23H31N3O4S2. The Labute approximate surface area is 194 Å². The Morgan fingerprint density at radius 2 is 2.06 bits per heavy atom. The maximum absolute atomic E-state index is 13.1. The molecular weight excluding hydrogens is 446 g/mol. The minimum Gasteiger partial charge on any atom is -0.492 e. The van der Waals surface area contributed by atoms with E-state index in [-0.39, 0.29) is 17.3 Å². The van der Waals surface area contributed by atoms with Gasteiger partial charge in [-0.25, -0.2) is 8.42 Å². The predicted octanol–water partition coefficient (Wildman–Crippen LogP) is 3.95. The lowest BCUT2D eigenvalue weighted by Crippen LogP contribution is -2.35. The van der Waals surface area contributed by atoms with Crippen molar-refractivity contribution in [2.45, 2.75) is 37.6 Å². The van der Waals surface area contributed by atoms with Gasteiger partial charge < -0.3 is 10.1 Å². The van der Waals surface area contributed by atoms with Gasteiger partial charge in [-0.2, -0.15) is 4.31 Å². The molecule has 0 atom stereocenters. The summed E-state index contributed by atoms with van der Waals surface area (Å²) >= 11 is 1.64. The van der Waals surface area contributed by atoms with E-state index in [1.165, 1.54) is 10.4 Å². The van der Waals surface area contributed by atoms with Crippen LogP contribution >= 0.6 is 11.3 Å². The first-order valence-electron chi connectivity index (χ1n) is 10.9. The second kappa shape index (κ2) is 11.6. The number of piperidine rings is 1. The van der Waals surface area contributed by atoms with Crippen molar-refractivity contribution in [3.8, 4) is 5.75 Å². The second-order valence-electron chi connectivity index (χ2n) is 7.64. The minimum atomic E-state index is -3.61. The third-order valence-electron chi connectivity index (χ3n) is 5.19. The van der Waals surface area contributed by atoms with Crippen molar-refractivity contribution < 1.29 is 17.9 Å². The van der Waals surface area contributed by atoms with E-state index >= 15 is 0 Å². The lowest BCUT2D eigenvalue weighted by Gasteiger charge is -2.26. The maximum atomic E-state index is 13.1. The number of rotatable bonds is 11. The van der Waals surface area contributed by atoms with Crippen molar-refractivity contribution in [2.24, 2.45) is 0 Å². The molecule has 0 unspecified atom stereocenters. The molecule has 1 fully saturated rings. The molecule has 2 heterocycles. The van der Waals surface area contributed by atoms with Crippen molar-refractivity contribution in [1.82, 2.24) is 9.21 Å². The van der Waals surface area contributed by atoms with Crippen LogP contribution in [0.3, 0.4) is 0 Å². The lowest BCUT2D eigenvalue weighted by molar-refractivity contribution is -0.117. The SMILES string of the molecule is C=CCN(CC(=O)Nc1cc(S(=O)(=O)N2CCCCC2)ccc1OCC)Cc1cccs1. The molecule has 0 saturated carbocycles. The summed E-state index contributed by atoms with van der Waals surface area (Å²) in [5.74, 6) is 0.212. The number of nitrogens with one attached hydrogen (secondary N) is 1. The molecule has 1 aliphatic rings. The number of hydrogen-bond donors (Lipinski definition) is 1. The first-order valence-corrected chi connectivity index (χ1v) is 13.2. The van der Waals surface area contributed by atoms with Gasteiger partial charge >= 0.3 is 0 Å². The van der Waals surface area contributed by atoms with Crippen molar-refractivity contribution in [3.63, 3.8) is 0 Å². The number of sulfonamides is 1. The van der Waals surface area contributed by atoms with E-state index in [4.69, 9.17) is 4.74 Å². The Kier molecular flexibility index (Phi) is 8.86. The van der Waals surface area contributed by atoms with Crippen LogP contribution < -0.4 is 10.1 Å². The molecule has 0 spiro atoms. The zero-order valence-corrected chi connectivity index (χ0v) is 20.1. The summed E-state index contributed by atoms with van der Waals surface area (Å²) in [6, 6.07) is 8.67. The van der Waals surface area contributed by atoms with Gasteiger partial charge in [-0.3, -0.25) is 9.69 Å². The summed E-state index contributed by atoms with van der Waals surface area (Å²) < 4.78 is 33.3. The number of amides is 1. The van der Waals surface area contributed by atoms with Gasteiger partial charge in [-0.05, 0) is 49.4 Å². The Balaban J connectivity index is 1.77. The molecule has 1 saturated heterocycles. The molecule has 9 heteroatoms. The number of hydrogen-bond acceptors (Lipinski definition) is 6.